The van der Waals surface area contributed by atoms with Crippen molar-refractivity contribution in [3.05, 3.63) is 93.2 Å². The third-order valence-electron chi connectivity index (χ3n) is 4.13. The highest BCUT2D eigenvalue weighted by Crippen LogP contribution is 2.27. The van der Waals surface area contributed by atoms with Crippen LogP contribution in [0.25, 0.3) is 11.8 Å². The number of allylic oxidation sites excluding steroid dienone is 1. The van der Waals surface area contributed by atoms with Gasteiger partial charge in [0.1, 0.15) is 4.64 Å². The number of halogens is 1. The van der Waals surface area contributed by atoms with Gasteiger partial charge in [0.05, 0.1) is 5.56 Å². The van der Waals surface area contributed by atoms with Gasteiger partial charge in [-0.15, -0.1) is 11.8 Å². The maximum Gasteiger partial charge on any atom is 0.189 e. The summed E-state index contributed by atoms with van der Waals surface area (Å²) in [4.78, 5) is 13.8. The number of aromatic nitrogens is 1. The Kier molecular flexibility index (Phi) is 6.32. The molecule has 0 saturated carbocycles. The van der Waals surface area contributed by atoms with Gasteiger partial charge < -0.3 is 4.57 Å². The molecule has 2 nitrogen and oxygen atoms in total. The number of pyridine rings is 1. The molecule has 1 heterocycles. The normalized spacial score (nSPS) is 11.1. The number of aryl methyl sites for hydroxylation is 1. The molecular formula is C22H18ClNOS2. The number of carbonyl (C=O) groups excluding carboxylic acids is 1. The van der Waals surface area contributed by atoms with Gasteiger partial charge in [-0.1, -0.05) is 60.2 Å². The third-order valence-corrected chi connectivity index (χ3v) is 5.53. The van der Waals surface area contributed by atoms with E-state index in [9.17, 15) is 4.79 Å². The van der Waals surface area contributed by atoms with Crippen molar-refractivity contribution in [2.75, 3.05) is 6.26 Å². The molecule has 3 aromatic rings. The first-order chi connectivity index (χ1) is 13.0. The molecule has 0 radical (unpaired) electrons. The zero-order valence-corrected chi connectivity index (χ0v) is 17.4. The van der Waals surface area contributed by atoms with Crippen LogP contribution in [0.15, 0.2) is 71.6 Å². The molecule has 0 N–H and O–H groups in total. The van der Waals surface area contributed by atoms with E-state index in [0.29, 0.717) is 15.2 Å². The van der Waals surface area contributed by atoms with Gasteiger partial charge in [-0.2, -0.15) is 0 Å². The highest BCUT2D eigenvalue weighted by molar-refractivity contribution is 7.98. The largest absolute Gasteiger partial charge is 0.305 e. The van der Waals surface area contributed by atoms with Crippen LogP contribution in [-0.2, 0) is 0 Å². The third kappa shape index (κ3) is 4.41. The zero-order chi connectivity index (χ0) is 19.4. The highest BCUT2D eigenvalue weighted by atomic mass is 35.5. The molecule has 0 atom stereocenters. The average Bonchev–Trinajstić information content (AvgIpc) is 2.68. The van der Waals surface area contributed by atoms with Crippen LogP contribution in [-0.4, -0.2) is 16.6 Å². The first-order valence-electron chi connectivity index (χ1n) is 8.35. The lowest BCUT2D eigenvalue weighted by atomic mass is 10.1. The molecule has 2 aromatic carbocycles. The van der Waals surface area contributed by atoms with Crippen molar-refractivity contribution in [2.45, 2.75) is 11.8 Å². The fourth-order valence-corrected chi connectivity index (χ4v) is 4.16. The molecule has 5 heteroatoms. The van der Waals surface area contributed by atoms with Crippen molar-refractivity contribution in [3.63, 3.8) is 0 Å². The topological polar surface area (TPSA) is 22.0 Å². The van der Waals surface area contributed by atoms with Crippen LogP contribution in [0.2, 0.25) is 5.02 Å². The molecule has 1 aromatic heterocycles. The Morgan fingerprint density at radius 1 is 1.11 bits per heavy atom. The van der Waals surface area contributed by atoms with E-state index in [-0.39, 0.29) is 5.78 Å². The number of hydrogen-bond donors (Lipinski definition) is 0. The monoisotopic (exact) mass is 411 g/mol. The fourth-order valence-electron chi connectivity index (χ4n) is 2.82. The minimum atomic E-state index is -0.101. The summed E-state index contributed by atoms with van der Waals surface area (Å²) in [6.07, 6.45) is 5.35. The van der Waals surface area contributed by atoms with Crippen LogP contribution in [0.1, 0.15) is 21.6 Å². The first-order valence-corrected chi connectivity index (χ1v) is 10.4. The van der Waals surface area contributed by atoms with Crippen LogP contribution < -0.4 is 0 Å². The molecular weight excluding hydrogens is 394 g/mol. The van der Waals surface area contributed by atoms with E-state index >= 15 is 0 Å². The molecule has 0 fully saturated rings. The summed E-state index contributed by atoms with van der Waals surface area (Å²) in [5.74, 6) is -0.101. The van der Waals surface area contributed by atoms with Crippen molar-refractivity contribution < 1.29 is 4.79 Å². The quantitative estimate of drug-likeness (QED) is 0.200. The summed E-state index contributed by atoms with van der Waals surface area (Å²) < 4.78 is 2.42. The van der Waals surface area contributed by atoms with Gasteiger partial charge in [0.25, 0.3) is 0 Å². The Bertz CT molecular complexity index is 1050. The first kappa shape index (κ1) is 19.6. The van der Waals surface area contributed by atoms with Crippen molar-refractivity contribution in [3.8, 4) is 5.69 Å². The van der Waals surface area contributed by atoms with Crippen LogP contribution >= 0.6 is 35.6 Å². The predicted molar refractivity (Wildman–Crippen MR) is 118 cm³/mol. The van der Waals surface area contributed by atoms with E-state index in [2.05, 4.69) is 0 Å². The van der Waals surface area contributed by atoms with Gasteiger partial charge >= 0.3 is 0 Å². The second-order valence-corrected chi connectivity index (χ2v) is 7.63. The lowest BCUT2D eigenvalue weighted by Crippen LogP contribution is -2.09. The Morgan fingerprint density at radius 2 is 1.78 bits per heavy atom. The minimum Gasteiger partial charge on any atom is -0.305 e. The van der Waals surface area contributed by atoms with Crippen LogP contribution in [0.4, 0.5) is 0 Å². The highest BCUT2D eigenvalue weighted by Gasteiger charge is 2.16. The van der Waals surface area contributed by atoms with Crippen LogP contribution in [0, 0.1) is 11.6 Å². The van der Waals surface area contributed by atoms with Crippen LogP contribution in [0.5, 0.6) is 0 Å². The van der Waals surface area contributed by atoms with Gasteiger partial charge in [-0.05, 0) is 55.2 Å². The zero-order valence-electron chi connectivity index (χ0n) is 15.0. The molecule has 0 aliphatic heterocycles. The van der Waals surface area contributed by atoms with Crippen LogP contribution in [0.3, 0.4) is 0 Å². The van der Waals surface area contributed by atoms with E-state index < -0.39 is 0 Å². The molecule has 0 saturated heterocycles. The predicted octanol–water partition coefficient (Wildman–Crippen LogP) is 6.79. The number of thioether (sulfide) groups is 1. The summed E-state index contributed by atoms with van der Waals surface area (Å²) in [5, 5.41) is 0.658. The second kappa shape index (κ2) is 8.70. The molecule has 0 amide bonds. The summed E-state index contributed by atoms with van der Waals surface area (Å²) in [7, 11) is 0. The number of benzene rings is 2. The lowest BCUT2D eigenvalue weighted by Gasteiger charge is -2.16. The van der Waals surface area contributed by atoms with Crippen molar-refractivity contribution >= 4 is 47.4 Å². The lowest BCUT2D eigenvalue weighted by molar-refractivity contribution is 0.104. The molecule has 0 aliphatic rings. The molecule has 27 heavy (non-hydrogen) atoms. The van der Waals surface area contributed by atoms with Gasteiger partial charge in [0.15, 0.2) is 5.78 Å². The van der Waals surface area contributed by atoms with E-state index in [4.69, 9.17) is 23.8 Å². The Labute approximate surface area is 173 Å². The van der Waals surface area contributed by atoms with Crippen molar-refractivity contribution in [1.29, 1.82) is 0 Å². The van der Waals surface area contributed by atoms with Crippen molar-refractivity contribution in [1.82, 2.24) is 4.57 Å². The Balaban J connectivity index is 2.10. The van der Waals surface area contributed by atoms with Gasteiger partial charge in [-0.25, -0.2) is 0 Å². The van der Waals surface area contributed by atoms with E-state index in [1.165, 1.54) is 11.8 Å². The average molecular weight is 412 g/mol. The number of ketones is 1. The fraction of sp³-hybridized carbons (Fsp3) is 0.0909. The molecule has 0 spiro atoms. The molecule has 3 rings (SSSR count). The summed E-state index contributed by atoms with van der Waals surface area (Å²) >= 11 is 13.2. The number of carbonyl (C=O) groups is 1. The maximum atomic E-state index is 13.0. The van der Waals surface area contributed by atoms with Gasteiger partial charge in [-0.3, -0.25) is 4.79 Å². The number of hydrogen-bond acceptors (Lipinski definition) is 3. The second-order valence-electron chi connectivity index (χ2n) is 5.95. The SMILES string of the molecule is CSc1cc(C)n(-c2ccc(Cl)cc2)c(=S)c1C(=O)/C=C/c1ccccc1. The smallest absolute Gasteiger partial charge is 0.189 e. The minimum absolute atomic E-state index is 0.101. The van der Waals surface area contributed by atoms with E-state index in [1.807, 2.05) is 84.5 Å². The standard InChI is InChI=1S/C22H18ClNOS2/c1-15-14-20(27-2)21(19(25)13-8-16-6-4-3-5-7-16)22(26)24(15)18-11-9-17(23)10-12-18/h3-14H,1-2H3/b13-8+. The van der Waals surface area contributed by atoms with Crippen molar-refractivity contribution in [2.24, 2.45) is 0 Å². The molecule has 0 aliphatic carbocycles. The molecule has 136 valence electrons. The van der Waals surface area contributed by atoms with E-state index in [1.54, 1.807) is 6.08 Å². The molecule has 0 unspecified atom stereocenters. The summed E-state index contributed by atoms with van der Waals surface area (Å²) in [5.41, 5.74) is 3.37. The molecule has 0 bridgehead atoms. The maximum absolute atomic E-state index is 13.0. The summed E-state index contributed by atoms with van der Waals surface area (Å²) in [6.45, 7) is 1.98. The van der Waals surface area contributed by atoms with Gasteiger partial charge in [0, 0.05) is 21.3 Å². The number of nitrogens with zero attached hydrogens (tertiary/aromatic N) is 1. The Morgan fingerprint density at radius 3 is 2.41 bits per heavy atom. The Hall–Kier alpha value is -2.14. The number of rotatable bonds is 5. The van der Waals surface area contributed by atoms with E-state index in [0.717, 1.165) is 21.8 Å². The van der Waals surface area contributed by atoms with Gasteiger partial charge in [0.2, 0.25) is 0 Å². The summed E-state index contributed by atoms with van der Waals surface area (Å²) in [6, 6.07) is 19.2.